The number of hydrogen-bond donors (Lipinski definition) is 0. The number of esters is 3. The van der Waals surface area contributed by atoms with Crippen LogP contribution in [0.15, 0.2) is 85.1 Å². The molecule has 0 aliphatic carbocycles. The summed E-state index contributed by atoms with van der Waals surface area (Å²) in [6, 6.07) is 0. The second kappa shape index (κ2) is 71.1. The van der Waals surface area contributed by atoms with Gasteiger partial charge in [-0.2, -0.15) is 0 Å². The minimum absolute atomic E-state index is 0.0745. The van der Waals surface area contributed by atoms with Gasteiger partial charge in [-0.15, -0.1) is 0 Å². The SMILES string of the molecule is CC/C=C\C/C=C\C/C=C\C/C=C\CCCCCCCCCCCCC(=O)OC(COC(=O)CCCCCCCCCCCCCC/C=C\C/C=C\C/C=C\CCCCCCC)COC(=O)CCCCCCCCCCCCCCCCC. The zero-order valence-electron chi connectivity index (χ0n) is 55.2. The van der Waals surface area contributed by atoms with Crippen LogP contribution in [-0.2, 0) is 28.6 Å². The van der Waals surface area contributed by atoms with Gasteiger partial charge in [0.2, 0.25) is 0 Å². The van der Waals surface area contributed by atoms with Gasteiger partial charge in [-0.05, 0) is 96.3 Å². The van der Waals surface area contributed by atoms with Gasteiger partial charge >= 0.3 is 17.9 Å². The van der Waals surface area contributed by atoms with Crippen LogP contribution in [0.5, 0.6) is 0 Å². The quantitative estimate of drug-likeness (QED) is 0.0261. The third-order valence-electron chi connectivity index (χ3n) is 15.9. The fourth-order valence-corrected chi connectivity index (χ4v) is 10.5. The Morgan fingerprint density at radius 3 is 0.735 bits per heavy atom. The third-order valence-corrected chi connectivity index (χ3v) is 15.9. The molecule has 0 heterocycles. The van der Waals surface area contributed by atoms with Crippen LogP contribution in [0, 0.1) is 0 Å². The van der Waals surface area contributed by atoms with Gasteiger partial charge in [-0.25, -0.2) is 0 Å². The van der Waals surface area contributed by atoms with E-state index in [4.69, 9.17) is 14.2 Å². The maximum absolute atomic E-state index is 13.0. The Labute approximate surface area is 515 Å². The van der Waals surface area contributed by atoms with Crippen molar-refractivity contribution in [1.29, 1.82) is 0 Å². The summed E-state index contributed by atoms with van der Waals surface area (Å²) in [6.45, 7) is 6.57. The predicted molar refractivity (Wildman–Crippen MR) is 362 cm³/mol. The number of ether oxygens (including phenoxy) is 3. The van der Waals surface area contributed by atoms with E-state index in [0.717, 1.165) is 96.3 Å². The van der Waals surface area contributed by atoms with Gasteiger partial charge in [-0.1, -0.05) is 337 Å². The molecule has 0 spiro atoms. The largest absolute Gasteiger partial charge is 0.462 e. The Balaban J connectivity index is 4.31. The molecule has 0 saturated heterocycles. The molecule has 0 N–H and O–H groups in total. The molecular weight excluding hydrogens is 1020 g/mol. The van der Waals surface area contributed by atoms with Gasteiger partial charge in [-0.3, -0.25) is 14.4 Å². The topological polar surface area (TPSA) is 78.9 Å². The molecule has 0 aliphatic heterocycles. The van der Waals surface area contributed by atoms with Crippen LogP contribution >= 0.6 is 0 Å². The number of allylic oxidation sites excluding steroid dienone is 14. The van der Waals surface area contributed by atoms with Crippen LogP contribution in [-0.4, -0.2) is 37.2 Å². The highest BCUT2D eigenvalue weighted by molar-refractivity contribution is 5.71. The number of carbonyl (C=O) groups is 3. The molecule has 0 saturated carbocycles. The maximum Gasteiger partial charge on any atom is 0.306 e. The fraction of sp³-hybridized carbons (Fsp3) is 0.779. The Bertz CT molecular complexity index is 1570. The van der Waals surface area contributed by atoms with Crippen molar-refractivity contribution < 1.29 is 28.6 Å². The van der Waals surface area contributed by atoms with E-state index in [1.54, 1.807) is 0 Å². The second-order valence-electron chi connectivity index (χ2n) is 24.1. The number of unbranched alkanes of at least 4 members (excludes halogenated alkanes) is 41. The molecule has 480 valence electrons. The van der Waals surface area contributed by atoms with Gasteiger partial charge in [0.15, 0.2) is 6.10 Å². The molecule has 0 amide bonds. The summed E-state index contributed by atoms with van der Waals surface area (Å²) in [5.74, 6) is -0.859. The van der Waals surface area contributed by atoms with Crippen LogP contribution in [0.2, 0.25) is 0 Å². The molecule has 0 fully saturated rings. The first-order chi connectivity index (χ1) is 41.0. The van der Waals surface area contributed by atoms with E-state index in [9.17, 15) is 14.4 Å². The van der Waals surface area contributed by atoms with Gasteiger partial charge in [0.05, 0.1) is 0 Å². The molecule has 1 atom stereocenters. The lowest BCUT2D eigenvalue weighted by molar-refractivity contribution is -0.167. The fourth-order valence-electron chi connectivity index (χ4n) is 10.5. The van der Waals surface area contributed by atoms with Crippen molar-refractivity contribution in [2.45, 2.75) is 374 Å². The molecule has 0 aliphatic rings. The van der Waals surface area contributed by atoms with Crippen molar-refractivity contribution in [2.75, 3.05) is 13.2 Å². The van der Waals surface area contributed by atoms with E-state index < -0.39 is 6.10 Å². The third kappa shape index (κ3) is 69.3. The smallest absolute Gasteiger partial charge is 0.306 e. The summed E-state index contributed by atoms with van der Waals surface area (Å²) >= 11 is 0. The molecular formula is C77H136O6. The summed E-state index contributed by atoms with van der Waals surface area (Å²) in [7, 11) is 0. The summed E-state index contributed by atoms with van der Waals surface area (Å²) in [5.41, 5.74) is 0. The lowest BCUT2D eigenvalue weighted by Gasteiger charge is -2.18. The van der Waals surface area contributed by atoms with Crippen molar-refractivity contribution >= 4 is 17.9 Å². The predicted octanol–water partition coefficient (Wildman–Crippen LogP) is 25.0. The zero-order chi connectivity index (χ0) is 59.9. The van der Waals surface area contributed by atoms with Gasteiger partial charge in [0.1, 0.15) is 13.2 Å². The van der Waals surface area contributed by atoms with Crippen molar-refractivity contribution in [3.8, 4) is 0 Å². The maximum atomic E-state index is 13.0. The van der Waals surface area contributed by atoms with Crippen molar-refractivity contribution in [2.24, 2.45) is 0 Å². The Kier molecular flexibility index (Phi) is 68.2. The molecule has 0 aromatic rings. The van der Waals surface area contributed by atoms with E-state index in [1.165, 1.54) is 231 Å². The number of carbonyl (C=O) groups excluding carboxylic acids is 3. The normalized spacial score (nSPS) is 12.6. The minimum Gasteiger partial charge on any atom is -0.462 e. The molecule has 0 rings (SSSR count). The first-order valence-corrected chi connectivity index (χ1v) is 36.1. The van der Waals surface area contributed by atoms with Crippen LogP contribution in [0.25, 0.3) is 0 Å². The molecule has 0 radical (unpaired) electrons. The summed E-state index contributed by atoms with van der Waals surface area (Å²) in [4.78, 5) is 38.5. The summed E-state index contributed by atoms with van der Waals surface area (Å²) in [5, 5.41) is 0. The lowest BCUT2D eigenvalue weighted by atomic mass is 10.0. The van der Waals surface area contributed by atoms with E-state index in [-0.39, 0.29) is 31.1 Å². The van der Waals surface area contributed by atoms with Crippen molar-refractivity contribution in [3.63, 3.8) is 0 Å². The van der Waals surface area contributed by atoms with Gasteiger partial charge in [0, 0.05) is 19.3 Å². The molecule has 0 bridgehead atoms. The number of rotatable bonds is 66. The van der Waals surface area contributed by atoms with Crippen LogP contribution in [0.3, 0.4) is 0 Å². The first-order valence-electron chi connectivity index (χ1n) is 36.1. The second-order valence-corrected chi connectivity index (χ2v) is 24.1. The minimum atomic E-state index is -0.780. The summed E-state index contributed by atoms with van der Waals surface area (Å²) in [6.07, 6.45) is 94.6. The van der Waals surface area contributed by atoms with Crippen LogP contribution in [0.1, 0.15) is 367 Å². The highest BCUT2D eigenvalue weighted by atomic mass is 16.6. The van der Waals surface area contributed by atoms with E-state index in [2.05, 4.69) is 106 Å². The molecule has 1 unspecified atom stereocenters. The first kappa shape index (κ1) is 79.6. The molecule has 0 aromatic carbocycles. The molecule has 6 heteroatoms. The highest BCUT2D eigenvalue weighted by Gasteiger charge is 2.19. The van der Waals surface area contributed by atoms with Crippen LogP contribution < -0.4 is 0 Å². The van der Waals surface area contributed by atoms with Crippen molar-refractivity contribution in [3.05, 3.63) is 85.1 Å². The standard InChI is InChI=1S/C77H136O6/c1-4-7-10-13-16-19-22-25-28-30-32-34-36-37-38-39-41-42-44-46-49-52-55-58-61-64-67-70-76(79)82-73-74(72-81-75(78)69-66-63-60-57-54-51-48-27-24-21-18-15-12-9-6-3)83-77(80)71-68-65-62-59-56-53-50-47-45-43-40-35-33-31-29-26-23-20-17-14-11-8-5-2/h8,11,17,20,22,25-26,29-30,32-33,35-37,74H,4-7,9-10,12-16,18-19,21,23-24,27-28,31,34,38-73H2,1-3H3/b11-8-,20-17-,25-22-,29-26-,32-30-,35-33-,37-36-. The van der Waals surface area contributed by atoms with E-state index in [0.29, 0.717) is 19.3 Å². The molecule has 83 heavy (non-hydrogen) atoms. The van der Waals surface area contributed by atoms with E-state index in [1.807, 2.05) is 0 Å². The Hall–Kier alpha value is -3.41. The summed E-state index contributed by atoms with van der Waals surface area (Å²) < 4.78 is 17.0. The van der Waals surface area contributed by atoms with Crippen molar-refractivity contribution in [1.82, 2.24) is 0 Å². The zero-order valence-corrected chi connectivity index (χ0v) is 55.2. The van der Waals surface area contributed by atoms with Crippen LogP contribution in [0.4, 0.5) is 0 Å². The highest BCUT2D eigenvalue weighted by Crippen LogP contribution is 2.18. The average molecular weight is 1160 g/mol. The lowest BCUT2D eigenvalue weighted by Crippen LogP contribution is -2.30. The average Bonchev–Trinajstić information content (AvgIpc) is 3.50. The molecule has 0 aromatic heterocycles. The van der Waals surface area contributed by atoms with Gasteiger partial charge < -0.3 is 14.2 Å². The number of hydrogen-bond acceptors (Lipinski definition) is 6. The molecule has 6 nitrogen and oxygen atoms in total. The van der Waals surface area contributed by atoms with E-state index >= 15 is 0 Å². The Morgan fingerprint density at radius 2 is 0.470 bits per heavy atom. The Morgan fingerprint density at radius 1 is 0.253 bits per heavy atom. The van der Waals surface area contributed by atoms with Gasteiger partial charge in [0.25, 0.3) is 0 Å². The monoisotopic (exact) mass is 1160 g/mol.